The van der Waals surface area contributed by atoms with Crippen molar-refractivity contribution in [2.24, 2.45) is 0 Å². The van der Waals surface area contributed by atoms with Crippen LogP contribution in [0.4, 0.5) is 5.69 Å². The summed E-state index contributed by atoms with van der Waals surface area (Å²) in [5.41, 5.74) is 2.22. The third-order valence-electron chi connectivity index (χ3n) is 4.35. The van der Waals surface area contributed by atoms with Gasteiger partial charge in [0, 0.05) is 21.5 Å². The van der Waals surface area contributed by atoms with Crippen molar-refractivity contribution < 1.29 is 14.3 Å². The predicted octanol–water partition coefficient (Wildman–Crippen LogP) is 6.68. The van der Waals surface area contributed by atoms with Gasteiger partial charge in [-0.3, -0.25) is 9.59 Å². The van der Waals surface area contributed by atoms with Crippen molar-refractivity contribution in [2.75, 3.05) is 5.32 Å². The second kappa shape index (κ2) is 8.95. The maximum absolute atomic E-state index is 12.5. The minimum absolute atomic E-state index is 0.0580. The van der Waals surface area contributed by atoms with E-state index in [1.807, 2.05) is 23.6 Å². The minimum atomic E-state index is -0.243. The predicted molar refractivity (Wildman–Crippen MR) is 120 cm³/mol. The molecule has 1 N–H and O–H groups in total. The lowest BCUT2D eigenvalue weighted by Crippen LogP contribution is -2.11. The normalized spacial score (nSPS) is 10.4. The van der Waals surface area contributed by atoms with Crippen molar-refractivity contribution in [2.45, 2.75) is 0 Å². The van der Waals surface area contributed by atoms with Crippen LogP contribution >= 0.6 is 22.9 Å². The van der Waals surface area contributed by atoms with Gasteiger partial charge >= 0.3 is 0 Å². The van der Waals surface area contributed by atoms with Gasteiger partial charge in [-0.25, -0.2) is 0 Å². The van der Waals surface area contributed by atoms with Crippen LogP contribution in [-0.4, -0.2) is 11.7 Å². The van der Waals surface area contributed by atoms with E-state index in [2.05, 4.69) is 5.32 Å². The van der Waals surface area contributed by atoms with E-state index < -0.39 is 0 Å². The summed E-state index contributed by atoms with van der Waals surface area (Å²) in [6.07, 6.45) is 0. The van der Waals surface area contributed by atoms with Crippen LogP contribution in [0.15, 0.2) is 89.6 Å². The summed E-state index contributed by atoms with van der Waals surface area (Å²) in [6, 6.07) is 22.7. The first-order valence-corrected chi connectivity index (χ1v) is 10.4. The molecule has 0 radical (unpaired) electrons. The fourth-order valence-electron chi connectivity index (χ4n) is 2.83. The van der Waals surface area contributed by atoms with Gasteiger partial charge in [-0.15, -0.1) is 0 Å². The Morgan fingerprint density at radius 2 is 1.57 bits per heavy atom. The molecule has 4 rings (SSSR count). The molecule has 4 nitrogen and oxygen atoms in total. The fourth-order valence-corrected chi connectivity index (χ4v) is 3.64. The zero-order chi connectivity index (χ0) is 20.9. The molecule has 0 bridgehead atoms. The first kappa shape index (κ1) is 19.9. The lowest BCUT2D eigenvalue weighted by Gasteiger charge is -2.13. The molecule has 0 spiro atoms. The Morgan fingerprint density at radius 3 is 2.27 bits per heavy atom. The zero-order valence-corrected chi connectivity index (χ0v) is 17.2. The molecule has 1 heterocycles. The monoisotopic (exact) mass is 433 g/mol. The largest absolute Gasteiger partial charge is 0.455 e. The molecule has 1 aromatic heterocycles. The lowest BCUT2D eigenvalue weighted by atomic mass is 10.0. The summed E-state index contributed by atoms with van der Waals surface area (Å²) in [4.78, 5) is 24.9. The molecule has 148 valence electrons. The Labute approximate surface area is 182 Å². The van der Waals surface area contributed by atoms with Crippen molar-refractivity contribution in [1.82, 2.24) is 0 Å². The van der Waals surface area contributed by atoms with E-state index in [0.717, 1.165) is 0 Å². The molecule has 0 aliphatic rings. The number of ether oxygens (including phenoxy) is 1. The van der Waals surface area contributed by atoms with E-state index >= 15 is 0 Å². The van der Waals surface area contributed by atoms with Gasteiger partial charge in [0.15, 0.2) is 11.5 Å². The molecule has 0 fully saturated rings. The van der Waals surface area contributed by atoms with Crippen LogP contribution < -0.4 is 10.1 Å². The van der Waals surface area contributed by atoms with E-state index in [9.17, 15) is 9.59 Å². The third kappa shape index (κ3) is 4.59. The van der Waals surface area contributed by atoms with E-state index in [-0.39, 0.29) is 11.7 Å². The van der Waals surface area contributed by atoms with Crippen molar-refractivity contribution >= 4 is 40.3 Å². The molecule has 0 aliphatic carbocycles. The number of carbonyl (C=O) groups excluding carboxylic acids is 2. The molecule has 1 amide bonds. The topological polar surface area (TPSA) is 55.4 Å². The Bertz CT molecular complexity index is 1170. The first-order valence-electron chi connectivity index (χ1n) is 9.11. The van der Waals surface area contributed by atoms with Crippen LogP contribution in [0, 0.1) is 0 Å². The summed E-state index contributed by atoms with van der Waals surface area (Å²) in [5.74, 6) is 0.683. The number of amides is 1. The highest BCUT2D eigenvalue weighted by atomic mass is 35.5. The Morgan fingerprint density at radius 1 is 0.833 bits per heavy atom. The number of ketones is 1. The van der Waals surface area contributed by atoms with E-state index in [1.54, 1.807) is 66.0 Å². The van der Waals surface area contributed by atoms with E-state index in [4.69, 9.17) is 16.3 Å². The average Bonchev–Trinajstić information content (AvgIpc) is 3.31. The minimum Gasteiger partial charge on any atom is -0.455 e. The van der Waals surface area contributed by atoms with Crippen LogP contribution in [-0.2, 0) is 0 Å². The van der Waals surface area contributed by atoms with Gasteiger partial charge in [-0.1, -0.05) is 41.9 Å². The van der Waals surface area contributed by atoms with Crippen LogP contribution in [0.25, 0.3) is 0 Å². The van der Waals surface area contributed by atoms with Crippen LogP contribution in [0.3, 0.4) is 0 Å². The van der Waals surface area contributed by atoms with Gasteiger partial charge in [0.2, 0.25) is 0 Å². The summed E-state index contributed by atoms with van der Waals surface area (Å²) in [6.45, 7) is 0. The first-order chi connectivity index (χ1) is 14.6. The van der Waals surface area contributed by atoms with E-state index in [1.165, 1.54) is 11.3 Å². The second-order valence-electron chi connectivity index (χ2n) is 6.43. The summed E-state index contributed by atoms with van der Waals surface area (Å²) in [5, 5.41) is 6.91. The van der Waals surface area contributed by atoms with Crippen molar-refractivity contribution in [3.8, 4) is 11.5 Å². The van der Waals surface area contributed by atoms with Gasteiger partial charge < -0.3 is 10.1 Å². The molecule has 30 heavy (non-hydrogen) atoms. The smallest absolute Gasteiger partial charge is 0.256 e. The number of carbonyl (C=O) groups is 2. The van der Waals surface area contributed by atoms with Crippen molar-refractivity contribution in [3.63, 3.8) is 0 Å². The quantitative estimate of drug-likeness (QED) is 0.345. The van der Waals surface area contributed by atoms with Crippen LogP contribution in [0.5, 0.6) is 11.5 Å². The van der Waals surface area contributed by atoms with Crippen LogP contribution in [0.2, 0.25) is 5.02 Å². The summed E-state index contributed by atoms with van der Waals surface area (Å²) < 4.78 is 5.94. The highest BCUT2D eigenvalue weighted by Gasteiger charge is 2.13. The molecule has 6 heteroatoms. The summed E-state index contributed by atoms with van der Waals surface area (Å²) >= 11 is 7.54. The number of hydrogen-bond donors (Lipinski definition) is 1. The lowest BCUT2D eigenvalue weighted by molar-refractivity contribution is 0.102. The van der Waals surface area contributed by atoms with Gasteiger partial charge in [0.1, 0.15) is 5.75 Å². The highest BCUT2D eigenvalue weighted by molar-refractivity contribution is 7.08. The van der Waals surface area contributed by atoms with Crippen LogP contribution in [0.1, 0.15) is 26.3 Å². The third-order valence-corrected chi connectivity index (χ3v) is 5.27. The molecule has 0 saturated carbocycles. The number of hydrogen-bond acceptors (Lipinski definition) is 4. The highest BCUT2D eigenvalue weighted by Crippen LogP contribution is 2.32. The van der Waals surface area contributed by atoms with Gasteiger partial charge in [-0.05, 0) is 53.9 Å². The molecule has 0 atom stereocenters. The molecule has 3 aromatic carbocycles. The fraction of sp³-hybridized carbons (Fsp3) is 0. The molecule has 0 aliphatic heterocycles. The number of nitrogens with one attached hydrogen (secondary N) is 1. The molecule has 0 unspecified atom stereocenters. The van der Waals surface area contributed by atoms with E-state index in [0.29, 0.717) is 38.9 Å². The number of anilines is 1. The molecule has 0 saturated heterocycles. The van der Waals surface area contributed by atoms with Gasteiger partial charge in [0.05, 0.1) is 11.3 Å². The van der Waals surface area contributed by atoms with Gasteiger partial charge in [-0.2, -0.15) is 11.3 Å². The van der Waals surface area contributed by atoms with Gasteiger partial charge in [0.25, 0.3) is 5.91 Å². The number of halogens is 1. The number of rotatable bonds is 6. The number of thiophene rings is 1. The average molecular weight is 434 g/mol. The maximum atomic E-state index is 12.5. The Balaban J connectivity index is 1.53. The van der Waals surface area contributed by atoms with Crippen molar-refractivity contribution in [1.29, 1.82) is 0 Å². The van der Waals surface area contributed by atoms with Crippen molar-refractivity contribution in [3.05, 3.63) is 111 Å². The molecular formula is C24H16ClNO3S. The molecular weight excluding hydrogens is 418 g/mol. The SMILES string of the molecule is O=C(Nc1cc(Cl)ccc1Oc1ccc(C(=O)c2ccccc2)cc1)c1ccsc1. The second-order valence-corrected chi connectivity index (χ2v) is 7.64. The Kier molecular flexibility index (Phi) is 5.93. The zero-order valence-electron chi connectivity index (χ0n) is 15.7. The molecule has 4 aromatic rings. The summed E-state index contributed by atoms with van der Waals surface area (Å²) in [7, 11) is 0. The maximum Gasteiger partial charge on any atom is 0.256 e. The number of benzene rings is 3. The Hall–Kier alpha value is -3.41. The standard InChI is InChI=1S/C24H16ClNO3S/c25-19-8-11-22(21(14-19)26-24(28)18-12-13-30-15-18)29-20-9-6-17(7-10-20)23(27)16-4-2-1-3-5-16/h1-15H,(H,26,28).